The summed E-state index contributed by atoms with van der Waals surface area (Å²) in [5.41, 5.74) is -1.00. The molecule has 1 amide bonds. The van der Waals surface area contributed by atoms with E-state index in [0.29, 0.717) is 0 Å². The van der Waals surface area contributed by atoms with Crippen LogP contribution in [-0.2, 0) is 11.3 Å². The van der Waals surface area contributed by atoms with Crippen molar-refractivity contribution in [1.29, 1.82) is 0 Å². The van der Waals surface area contributed by atoms with Crippen LogP contribution >= 0.6 is 0 Å². The van der Waals surface area contributed by atoms with Crippen LogP contribution in [-0.4, -0.2) is 50.9 Å². The maximum absolute atomic E-state index is 12.2. The van der Waals surface area contributed by atoms with Crippen molar-refractivity contribution in [3.63, 3.8) is 0 Å². The van der Waals surface area contributed by atoms with Crippen molar-refractivity contribution < 1.29 is 19.2 Å². The van der Waals surface area contributed by atoms with Crippen molar-refractivity contribution >= 4 is 22.8 Å². The predicted octanol–water partition coefficient (Wildman–Crippen LogP) is -0.131. The van der Waals surface area contributed by atoms with Gasteiger partial charge in [0.15, 0.2) is 11.2 Å². The summed E-state index contributed by atoms with van der Waals surface area (Å²) in [7, 11) is 3.18. The normalized spacial score (nSPS) is 10.8. The average Bonchev–Trinajstić information content (AvgIpc) is 2.80. The van der Waals surface area contributed by atoms with E-state index in [1.54, 1.807) is 14.1 Å². The molecule has 0 bridgehead atoms. The van der Waals surface area contributed by atoms with Crippen molar-refractivity contribution in [2.45, 2.75) is 19.9 Å². The smallest absolute Gasteiger partial charge is 0.357 e. The summed E-state index contributed by atoms with van der Waals surface area (Å²) in [6.07, 6.45) is 0.0291. The molecule has 0 spiro atoms. The molecule has 0 radical (unpaired) electrons. The lowest BCUT2D eigenvalue weighted by Crippen LogP contribution is -2.29. The van der Waals surface area contributed by atoms with Gasteiger partial charge in [-0.1, -0.05) is 5.16 Å². The summed E-state index contributed by atoms with van der Waals surface area (Å²) in [6.45, 7) is 1.47. The summed E-state index contributed by atoms with van der Waals surface area (Å²) < 4.78 is 5.79. The van der Waals surface area contributed by atoms with Crippen molar-refractivity contribution in [3.05, 3.63) is 21.8 Å². The number of fused-ring (bicyclic) bond motifs is 1. The molecule has 2 heterocycles. The van der Waals surface area contributed by atoms with E-state index in [9.17, 15) is 19.5 Å². The number of nitrogens with zero attached hydrogens (tertiary/aromatic N) is 4. The third-order valence-electron chi connectivity index (χ3n) is 3.00. The second-order valence-electron chi connectivity index (χ2n) is 4.68. The van der Waals surface area contributed by atoms with Crippen molar-refractivity contribution in [1.82, 2.24) is 19.8 Å². The number of carboxylic acids is 1. The summed E-state index contributed by atoms with van der Waals surface area (Å²) in [6, 6.07) is 0. The second-order valence-corrected chi connectivity index (χ2v) is 4.68. The van der Waals surface area contributed by atoms with E-state index in [4.69, 9.17) is 4.52 Å². The highest BCUT2D eigenvalue weighted by atomic mass is 16.5. The van der Waals surface area contributed by atoms with E-state index >= 15 is 0 Å². The number of carboxylic acid groups (broad SMARTS) is 1. The van der Waals surface area contributed by atoms with Crippen LogP contribution in [0.1, 0.15) is 22.7 Å². The highest BCUT2D eigenvalue weighted by Crippen LogP contribution is 2.17. The molecule has 0 aliphatic carbocycles. The monoisotopic (exact) mass is 294 g/mol. The van der Waals surface area contributed by atoms with E-state index in [1.165, 1.54) is 11.8 Å². The van der Waals surface area contributed by atoms with Gasteiger partial charge in [-0.15, -0.1) is 0 Å². The molecular formula is C12H14N4O5. The third-order valence-corrected chi connectivity index (χ3v) is 3.00. The first-order valence-corrected chi connectivity index (χ1v) is 6.13. The lowest BCUT2D eigenvalue weighted by molar-refractivity contribution is -0.128. The van der Waals surface area contributed by atoms with E-state index < -0.39 is 11.5 Å². The zero-order chi connectivity index (χ0) is 15.7. The number of aromatic carboxylic acids is 1. The fraction of sp³-hybridized carbons (Fsp3) is 0.417. The van der Waals surface area contributed by atoms with Gasteiger partial charge in [-0.05, 0) is 6.92 Å². The number of carbonyl (C=O) groups excluding carboxylic acids is 1. The standard InChI is InChI=1S/C12H14N4O5/c1-6-8-9(14-21-6)11(18)16(13-10(8)12(19)20)5-4-7(17)15(2)3/h4-5H2,1-3H3,(H,19,20). The predicted molar refractivity (Wildman–Crippen MR) is 71.1 cm³/mol. The van der Waals surface area contributed by atoms with Crippen LogP contribution in [0.5, 0.6) is 0 Å². The maximum atomic E-state index is 12.2. The maximum Gasteiger partial charge on any atom is 0.357 e. The SMILES string of the molecule is Cc1onc2c(=O)n(CCC(=O)N(C)C)nc(C(=O)O)c12. The molecule has 9 heteroatoms. The fourth-order valence-corrected chi connectivity index (χ4v) is 1.86. The minimum absolute atomic E-state index is 0.0291. The topological polar surface area (TPSA) is 119 Å². The van der Waals surface area contributed by atoms with E-state index in [0.717, 1.165) is 4.68 Å². The number of rotatable bonds is 4. The largest absolute Gasteiger partial charge is 0.476 e. The van der Waals surface area contributed by atoms with Gasteiger partial charge in [-0.25, -0.2) is 9.48 Å². The number of amides is 1. The molecule has 9 nitrogen and oxygen atoms in total. The summed E-state index contributed by atoms with van der Waals surface area (Å²) in [5.74, 6) is -1.28. The highest BCUT2D eigenvalue weighted by Gasteiger charge is 2.22. The zero-order valence-electron chi connectivity index (χ0n) is 11.8. The Morgan fingerprint density at radius 2 is 2.05 bits per heavy atom. The first-order valence-electron chi connectivity index (χ1n) is 6.13. The van der Waals surface area contributed by atoms with E-state index in [2.05, 4.69) is 10.3 Å². The fourth-order valence-electron chi connectivity index (χ4n) is 1.86. The first kappa shape index (κ1) is 14.7. The van der Waals surface area contributed by atoms with Crippen molar-refractivity contribution in [3.8, 4) is 0 Å². The number of carbonyl (C=O) groups is 2. The average molecular weight is 294 g/mol. The van der Waals surface area contributed by atoms with Gasteiger partial charge in [-0.3, -0.25) is 9.59 Å². The Morgan fingerprint density at radius 3 is 2.62 bits per heavy atom. The van der Waals surface area contributed by atoms with Gasteiger partial charge in [0.25, 0.3) is 5.56 Å². The third kappa shape index (κ3) is 2.62. The summed E-state index contributed by atoms with van der Waals surface area (Å²) in [5, 5.41) is 16.6. The molecule has 1 N–H and O–H groups in total. The molecule has 0 saturated heterocycles. The summed E-state index contributed by atoms with van der Waals surface area (Å²) >= 11 is 0. The molecule has 0 fully saturated rings. The quantitative estimate of drug-likeness (QED) is 0.834. The van der Waals surface area contributed by atoms with E-state index in [-0.39, 0.29) is 41.2 Å². The number of hydrogen-bond acceptors (Lipinski definition) is 6. The number of hydrogen-bond donors (Lipinski definition) is 1. The zero-order valence-corrected chi connectivity index (χ0v) is 11.8. The van der Waals surface area contributed by atoms with Crippen molar-refractivity contribution in [2.24, 2.45) is 0 Å². The van der Waals surface area contributed by atoms with E-state index in [1.807, 2.05) is 0 Å². The van der Waals surface area contributed by atoms with Gasteiger partial charge in [0.1, 0.15) is 5.76 Å². The minimum atomic E-state index is -1.29. The Labute approximate surface area is 118 Å². The molecule has 0 unspecified atom stereocenters. The molecule has 0 saturated carbocycles. The van der Waals surface area contributed by atoms with Crippen LogP contribution in [0.25, 0.3) is 10.9 Å². The van der Waals surface area contributed by atoms with Gasteiger partial charge in [-0.2, -0.15) is 5.10 Å². The van der Waals surface area contributed by atoms with Gasteiger partial charge >= 0.3 is 5.97 Å². The molecular weight excluding hydrogens is 280 g/mol. The van der Waals surface area contributed by atoms with Crippen LogP contribution in [0.15, 0.2) is 9.32 Å². The summed E-state index contributed by atoms with van der Waals surface area (Å²) in [4.78, 5) is 36.3. The molecule has 21 heavy (non-hydrogen) atoms. The molecule has 2 rings (SSSR count). The lowest BCUT2D eigenvalue weighted by atomic mass is 10.2. The highest BCUT2D eigenvalue weighted by molar-refractivity contribution is 6.00. The molecule has 0 atom stereocenters. The molecule has 112 valence electrons. The van der Waals surface area contributed by atoms with Gasteiger partial charge in [0.2, 0.25) is 5.91 Å². The molecule has 0 aliphatic heterocycles. The van der Waals surface area contributed by atoms with Gasteiger partial charge in [0, 0.05) is 20.5 Å². The Kier molecular flexibility index (Phi) is 3.74. The number of aromatic nitrogens is 3. The van der Waals surface area contributed by atoms with Crippen LogP contribution in [0.3, 0.4) is 0 Å². The van der Waals surface area contributed by atoms with Crippen LogP contribution in [0.2, 0.25) is 0 Å². The number of aryl methyl sites for hydroxylation is 2. The minimum Gasteiger partial charge on any atom is -0.476 e. The Morgan fingerprint density at radius 1 is 1.38 bits per heavy atom. The molecule has 2 aromatic heterocycles. The Bertz CT molecular complexity index is 774. The first-order chi connectivity index (χ1) is 9.82. The second kappa shape index (κ2) is 5.35. The molecule has 0 aliphatic rings. The van der Waals surface area contributed by atoms with Crippen LogP contribution in [0.4, 0.5) is 0 Å². The Balaban J connectivity index is 2.50. The lowest BCUT2D eigenvalue weighted by Gasteiger charge is -2.10. The van der Waals surface area contributed by atoms with Crippen LogP contribution < -0.4 is 5.56 Å². The van der Waals surface area contributed by atoms with Crippen LogP contribution in [0, 0.1) is 6.92 Å². The molecule has 2 aromatic rings. The Hall–Kier alpha value is -2.71. The van der Waals surface area contributed by atoms with Gasteiger partial charge in [0.05, 0.1) is 11.9 Å². The van der Waals surface area contributed by atoms with Crippen molar-refractivity contribution in [2.75, 3.05) is 14.1 Å². The molecule has 0 aromatic carbocycles. The van der Waals surface area contributed by atoms with Gasteiger partial charge < -0.3 is 14.5 Å².